The lowest BCUT2D eigenvalue weighted by Gasteiger charge is -2.15. The Balaban J connectivity index is 3.23. The van der Waals surface area contributed by atoms with Crippen molar-refractivity contribution in [2.45, 2.75) is 6.42 Å². The molecule has 0 aliphatic rings. The van der Waals surface area contributed by atoms with Gasteiger partial charge >= 0.3 is 0 Å². The highest BCUT2D eigenvalue weighted by atomic mass is 16.5. The van der Waals surface area contributed by atoms with Crippen LogP contribution >= 0.6 is 0 Å². The largest absolute Gasteiger partial charge is 0.496 e. The summed E-state index contributed by atoms with van der Waals surface area (Å²) in [5.74, 6) is 2.00. The molecule has 1 rings (SSSR count). The fourth-order valence-corrected chi connectivity index (χ4v) is 1.61. The maximum atomic E-state index is 5.53. The van der Waals surface area contributed by atoms with E-state index in [0.717, 1.165) is 11.1 Å². The van der Waals surface area contributed by atoms with E-state index in [9.17, 15) is 0 Å². The molecule has 0 heterocycles. The van der Waals surface area contributed by atoms with Crippen LogP contribution in [-0.4, -0.2) is 27.9 Å². The number of ether oxygens (including phenoxy) is 3. The number of nitrogens with two attached hydrogens (primary N) is 1. The number of rotatable bonds is 6. The zero-order chi connectivity index (χ0) is 12.8. The molecule has 0 aliphatic carbocycles. The molecule has 94 valence electrons. The van der Waals surface area contributed by atoms with Crippen molar-refractivity contribution >= 4 is 5.57 Å². The van der Waals surface area contributed by atoms with Crippen molar-refractivity contribution in [3.8, 4) is 17.2 Å². The molecular formula is C13H19NO3. The minimum absolute atomic E-state index is 0.552. The Labute approximate surface area is 102 Å². The van der Waals surface area contributed by atoms with Crippen LogP contribution < -0.4 is 19.9 Å². The number of methoxy groups -OCH3 is 3. The molecule has 17 heavy (non-hydrogen) atoms. The molecule has 0 atom stereocenters. The van der Waals surface area contributed by atoms with Gasteiger partial charge in [-0.05, 0) is 24.6 Å². The van der Waals surface area contributed by atoms with Crippen molar-refractivity contribution in [3.05, 3.63) is 24.3 Å². The molecule has 0 saturated heterocycles. The van der Waals surface area contributed by atoms with Crippen LogP contribution in [0.3, 0.4) is 0 Å². The summed E-state index contributed by atoms with van der Waals surface area (Å²) >= 11 is 0. The standard InChI is InChI=1S/C13H19NO3/c1-9(5-6-14)10-7-12(16-3)13(17-4)8-11(10)15-2/h7-8H,1,5-6,14H2,2-4H3. The zero-order valence-electron chi connectivity index (χ0n) is 10.6. The number of benzene rings is 1. The number of hydrogen-bond acceptors (Lipinski definition) is 4. The summed E-state index contributed by atoms with van der Waals surface area (Å²) in [7, 11) is 4.80. The van der Waals surface area contributed by atoms with Crippen LogP contribution in [0.1, 0.15) is 12.0 Å². The Morgan fingerprint density at radius 2 is 1.59 bits per heavy atom. The van der Waals surface area contributed by atoms with E-state index in [1.54, 1.807) is 27.4 Å². The smallest absolute Gasteiger partial charge is 0.164 e. The van der Waals surface area contributed by atoms with Crippen LogP contribution in [0.4, 0.5) is 0 Å². The molecule has 0 fully saturated rings. The molecule has 0 bridgehead atoms. The monoisotopic (exact) mass is 237 g/mol. The fourth-order valence-electron chi connectivity index (χ4n) is 1.61. The van der Waals surface area contributed by atoms with E-state index in [2.05, 4.69) is 6.58 Å². The van der Waals surface area contributed by atoms with Crippen molar-refractivity contribution in [3.63, 3.8) is 0 Å². The van der Waals surface area contributed by atoms with Crippen LogP contribution in [0, 0.1) is 0 Å². The Morgan fingerprint density at radius 3 is 2.06 bits per heavy atom. The van der Waals surface area contributed by atoms with Gasteiger partial charge in [0.15, 0.2) is 11.5 Å². The first-order valence-corrected chi connectivity index (χ1v) is 5.36. The second kappa shape index (κ2) is 6.15. The van der Waals surface area contributed by atoms with E-state index < -0.39 is 0 Å². The Hall–Kier alpha value is -1.68. The van der Waals surface area contributed by atoms with Gasteiger partial charge in [0.1, 0.15) is 5.75 Å². The Kier molecular flexibility index (Phi) is 4.84. The maximum Gasteiger partial charge on any atom is 0.164 e. The summed E-state index contributed by atoms with van der Waals surface area (Å²) in [5.41, 5.74) is 7.35. The molecule has 4 heteroatoms. The van der Waals surface area contributed by atoms with Crippen molar-refractivity contribution in [1.82, 2.24) is 0 Å². The first-order valence-electron chi connectivity index (χ1n) is 5.36. The topological polar surface area (TPSA) is 53.7 Å². The predicted molar refractivity (Wildman–Crippen MR) is 68.8 cm³/mol. The lowest BCUT2D eigenvalue weighted by molar-refractivity contribution is 0.348. The van der Waals surface area contributed by atoms with Gasteiger partial charge in [0, 0.05) is 11.6 Å². The Morgan fingerprint density at radius 1 is 1.06 bits per heavy atom. The molecule has 0 radical (unpaired) electrons. The highest BCUT2D eigenvalue weighted by Gasteiger charge is 2.13. The van der Waals surface area contributed by atoms with Gasteiger partial charge in [0.2, 0.25) is 0 Å². The van der Waals surface area contributed by atoms with E-state index in [0.29, 0.717) is 30.2 Å². The molecule has 2 N–H and O–H groups in total. The maximum absolute atomic E-state index is 5.53. The zero-order valence-corrected chi connectivity index (χ0v) is 10.6. The molecule has 0 saturated carbocycles. The van der Waals surface area contributed by atoms with Gasteiger partial charge in [-0.3, -0.25) is 0 Å². The summed E-state index contributed by atoms with van der Waals surface area (Å²) in [5, 5.41) is 0. The average molecular weight is 237 g/mol. The van der Waals surface area contributed by atoms with Crippen molar-refractivity contribution in [2.75, 3.05) is 27.9 Å². The van der Waals surface area contributed by atoms with Crippen LogP contribution in [0.5, 0.6) is 17.2 Å². The molecule has 1 aromatic carbocycles. The van der Waals surface area contributed by atoms with Crippen molar-refractivity contribution in [2.24, 2.45) is 5.73 Å². The SMILES string of the molecule is C=C(CCN)c1cc(OC)c(OC)cc1OC. The minimum atomic E-state index is 0.552. The first-order chi connectivity index (χ1) is 8.17. The van der Waals surface area contributed by atoms with Gasteiger partial charge < -0.3 is 19.9 Å². The van der Waals surface area contributed by atoms with Crippen molar-refractivity contribution in [1.29, 1.82) is 0 Å². The van der Waals surface area contributed by atoms with Crippen molar-refractivity contribution < 1.29 is 14.2 Å². The van der Waals surface area contributed by atoms with Crippen LogP contribution in [-0.2, 0) is 0 Å². The third kappa shape index (κ3) is 2.91. The second-order valence-electron chi connectivity index (χ2n) is 3.55. The molecule has 1 aromatic rings. The van der Waals surface area contributed by atoms with Gasteiger partial charge in [-0.25, -0.2) is 0 Å². The molecular weight excluding hydrogens is 218 g/mol. The summed E-state index contributed by atoms with van der Waals surface area (Å²) < 4.78 is 15.8. The van der Waals surface area contributed by atoms with Crippen LogP contribution in [0.2, 0.25) is 0 Å². The normalized spacial score (nSPS) is 9.88. The fraction of sp³-hybridized carbons (Fsp3) is 0.385. The predicted octanol–water partition coefficient (Wildman–Crippen LogP) is 2.07. The summed E-state index contributed by atoms with van der Waals surface area (Å²) in [4.78, 5) is 0. The summed E-state index contributed by atoms with van der Waals surface area (Å²) in [6.45, 7) is 4.55. The third-order valence-corrected chi connectivity index (χ3v) is 2.53. The molecule has 0 aromatic heterocycles. The second-order valence-corrected chi connectivity index (χ2v) is 3.55. The average Bonchev–Trinajstić information content (AvgIpc) is 2.37. The van der Waals surface area contributed by atoms with E-state index in [1.165, 1.54) is 0 Å². The minimum Gasteiger partial charge on any atom is -0.496 e. The summed E-state index contributed by atoms with van der Waals surface area (Å²) in [6.07, 6.45) is 0.714. The van der Waals surface area contributed by atoms with E-state index in [-0.39, 0.29) is 0 Å². The molecule has 4 nitrogen and oxygen atoms in total. The van der Waals surface area contributed by atoms with Gasteiger partial charge in [-0.2, -0.15) is 0 Å². The molecule has 0 unspecified atom stereocenters. The molecule has 0 aliphatic heterocycles. The highest BCUT2D eigenvalue weighted by molar-refractivity contribution is 5.72. The van der Waals surface area contributed by atoms with Gasteiger partial charge in [-0.15, -0.1) is 0 Å². The van der Waals surface area contributed by atoms with Gasteiger partial charge in [0.05, 0.1) is 21.3 Å². The first kappa shape index (κ1) is 13.4. The Bertz CT molecular complexity index is 402. The quantitative estimate of drug-likeness (QED) is 0.823. The molecule has 0 amide bonds. The van der Waals surface area contributed by atoms with E-state index in [4.69, 9.17) is 19.9 Å². The molecule has 0 spiro atoms. The highest BCUT2D eigenvalue weighted by Crippen LogP contribution is 2.37. The lowest BCUT2D eigenvalue weighted by Crippen LogP contribution is -2.01. The van der Waals surface area contributed by atoms with E-state index in [1.807, 2.05) is 6.07 Å². The summed E-state index contributed by atoms with van der Waals surface area (Å²) in [6, 6.07) is 3.64. The third-order valence-electron chi connectivity index (χ3n) is 2.53. The van der Waals surface area contributed by atoms with Gasteiger partial charge in [-0.1, -0.05) is 6.58 Å². The lowest BCUT2D eigenvalue weighted by atomic mass is 10.0. The van der Waals surface area contributed by atoms with Crippen LogP contribution in [0.15, 0.2) is 18.7 Å². The van der Waals surface area contributed by atoms with E-state index >= 15 is 0 Å². The van der Waals surface area contributed by atoms with Gasteiger partial charge in [0.25, 0.3) is 0 Å². The van der Waals surface area contributed by atoms with Crippen LogP contribution in [0.25, 0.3) is 5.57 Å². The number of hydrogen-bond donors (Lipinski definition) is 1.